The summed E-state index contributed by atoms with van der Waals surface area (Å²) in [5.74, 6) is -0.714. The summed E-state index contributed by atoms with van der Waals surface area (Å²) in [5, 5.41) is 40.7. The van der Waals surface area contributed by atoms with Crippen molar-refractivity contribution < 1.29 is 25.0 Å². The van der Waals surface area contributed by atoms with Gasteiger partial charge in [-0.15, -0.1) is 0 Å². The molecular weight excluding hydrogens is 282 g/mol. The number of rotatable bonds is 8. The Kier molecular flexibility index (Phi) is 5.82. The van der Waals surface area contributed by atoms with E-state index in [2.05, 4.69) is 5.32 Å². The number of amides is 1. The van der Waals surface area contributed by atoms with Crippen LogP contribution in [0.4, 0.5) is 5.69 Å². The van der Waals surface area contributed by atoms with Gasteiger partial charge in [0.15, 0.2) is 0 Å². The van der Waals surface area contributed by atoms with Crippen LogP contribution in [0.2, 0.25) is 0 Å². The fraction of sp³-hybridized carbons (Fsp3) is 0.583. The smallest absolute Gasteiger partial charge is 0.287 e. The molecule has 0 bridgehead atoms. The van der Waals surface area contributed by atoms with Gasteiger partial charge in [0.25, 0.3) is 11.6 Å². The van der Waals surface area contributed by atoms with E-state index in [-0.39, 0.29) is 11.4 Å². The molecule has 0 aromatic carbocycles. The summed E-state index contributed by atoms with van der Waals surface area (Å²) in [6.07, 6.45) is 1.91. The van der Waals surface area contributed by atoms with Gasteiger partial charge < -0.3 is 25.2 Å². The van der Waals surface area contributed by atoms with Gasteiger partial charge in [-0.3, -0.25) is 14.9 Å². The molecule has 1 aromatic heterocycles. The molecule has 0 saturated heterocycles. The number of nitro groups is 1. The largest absolute Gasteiger partial charge is 0.394 e. The number of aliphatic hydroxyl groups excluding tert-OH is 3. The molecule has 1 heterocycles. The molecule has 0 spiro atoms. The molecule has 0 radical (unpaired) electrons. The molecule has 0 fully saturated rings. The molecule has 0 aliphatic heterocycles. The van der Waals surface area contributed by atoms with Gasteiger partial charge in [0.1, 0.15) is 11.2 Å². The van der Waals surface area contributed by atoms with Crippen molar-refractivity contribution in [2.45, 2.75) is 25.4 Å². The first kappa shape index (κ1) is 17.1. The first-order valence-electron chi connectivity index (χ1n) is 6.42. The Morgan fingerprint density at radius 2 is 1.95 bits per heavy atom. The quantitative estimate of drug-likeness (QED) is 0.368. The van der Waals surface area contributed by atoms with Crippen LogP contribution < -0.4 is 5.32 Å². The first-order chi connectivity index (χ1) is 9.92. The fourth-order valence-electron chi connectivity index (χ4n) is 1.78. The molecule has 0 aliphatic carbocycles. The third-order valence-electron chi connectivity index (χ3n) is 3.08. The molecular formula is C12H19N3O6. The van der Waals surface area contributed by atoms with Crippen LogP contribution in [0.5, 0.6) is 0 Å². The number of hydrogen-bond acceptors (Lipinski definition) is 6. The summed E-state index contributed by atoms with van der Waals surface area (Å²) in [6, 6.07) is 1.11. The topological polar surface area (TPSA) is 138 Å². The molecule has 118 valence electrons. The predicted octanol–water partition coefficient (Wildman–Crippen LogP) is -0.748. The molecule has 1 amide bonds. The highest BCUT2D eigenvalue weighted by molar-refractivity contribution is 5.94. The first-order valence-corrected chi connectivity index (χ1v) is 6.42. The SMILES string of the molecule is CCCn1cc([N+](=O)[O-])cc1C(=O)NC(CO)(CO)CO. The van der Waals surface area contributed by atoms with Crippen molar-refractivity contribution in [2.24, 2.45) is 0 Å². The minimum atomic E-state index is -1.58. The van der Waals surface area contributed by atoms with E-state index in [1.165, 1.54) is 10.8 Å². The van der Waals surface area contributed by atoms with Crippen LogP contribution in [-0.2, 0) is 6.54 Å². The summed E-state index contributed by atoms with van der Waals surface area (Å²) in [4.78, 5) is 22.4. The predicted molar refractivity (Wildman–Crippen MR) is 72.8 cm³/mol. The van der Waals surface area contributed by atoms with Gasteiger partial charge >= 0.3 is 0 Å². The molecule has 0 unspecified atom stereocenters. The molecule has 4 N–H and O–H groups in total. The minimum absolute atomic E-state index is 0.0308. The molecule has 1 rings (SSSR count). The maximum Gasteiger partial charge on any atom is 0.287 e. The zero-order chi connectivity index (χ0) is 16.0. The lowest BCUT2D eigenvalue weighted by Crippen LogP contribution is -2.57. The number of nitrogens with zero attached hydrogens (tertiary/aromatic N) is 2. The molecule has 0 saturated carbocycles. The Bertz CT molecular complexity index is 501. The van der Waals surface area contributed by atoms with Gasteiger partial charge in [-0.25, -0.2) is 0 Å². The second-order valence-electron chi connectivity index (χ2n) is 4.74. The number of hydrogen-bond donors (Lipinski definition) is 4. The summed E-state index contributed by atoms with van der Waals surface area (Å²) in [7, 11) is 0. The molecule has 1 aromatic rings. The number of aryl methyl sites for hydroxylation is 1. The fourth-order valence-corrected chi connectivity index (χ4v) is 1.78. The highest BCUT2D eigenvalue weighted by Gasteiger charge is 2.32. The zero-order valence-electron chi connectivity index (χ0n) is 11.7. The monoisotopic (exact) mass is 301 g/mol. The van der Waals surface area contributed by atoms with E-state index in [0.717, 1.165) is 6.07 Å². The lowest BCUT2D eigenvalue weighted by molar-refractivity contribution is -0.384. The molecule has 9 heteroatoms. The third kappa shape index (κ3) is 3.78. The van der Waals surface area contributed by atoms with Crippen LogP contribution in [0.25, 0.3) is 0 Å². The summed E-state index contributed by atoms with van der Waals surface area (Å²) < 4.78 is 1.42. The summed E-state index contributed by atoms with van der Waals surface area (Å²) in [6.45, 7) is 0.265. The lowest BCUT2D eigenvalue weighted by atomic mass is 10.0. The maximum absolute atomic E-state index is 12.2. The normalized spacial score (nSPS) is 11.4. The molecule has 0 aliphatic rings. The lowest BCUT2D eigenvalue weighted by Gasteiger charge is -2.28. The summed E-state index contributed by atoms with van der Waals surface area (Å²) in [5.41, 5.74) is -1.77. The van der Waals surface area contributed by atoms with Gasteiger partial charge in [-0.2, -0.15) is 0 Å². The van der Waals surface area contributed by atoms with E-state index in [9.17, 15) is 30.2 Å². The second-order valence-corrected chi connectivity index (χ2v) is 4.74. The standard InChI is InChI=1S/C12H19N3O6/c1-2-3-14-5-9(15(20)21)4-10(14)11(19)13-12(6-16,7-17)8-18/h4-5,16-18H,2-3,6-8H2,1H3,(H,13,19). The van der Waals surface area contributed by atoms with E-state index in [1.54, 1.807) is 0 Å². The number of aliphatic hydroxyl groups is 3. The Hall–Kier alpha value is -1.97. The van der Waals surface area contributed by atoms with Crippen molar-refractivity contribution in [3.05, 3.63) is 28.1 Å². The van der Waals surface area contributed by atoms with Gasteiger partial charge in [-0.1, -0.05) is 6.92 Å². The second kappa shape index (κ2) is 7.16. The number of carbonyl (C=O) groups excluding carboxylic acids is 1. The van der Waals surface area contributed by atoms with Crippen molar-refractivity contribution in [1.29, 1.82) is 0 Å². The van der Waals surface area contributed by atoms with Crippen LogP contribution >= 0.6 is 0 Å². The zero-order valence-corrected chi connectivity index (χ0v) is 11.7. The highest BCUT2D eigenvalue weighted by atomic mass is 16.6. The molecule has 9 nitrogen and oxygen atoms in total. The Morgan fingerprint density at radius 3 is 2.38 bits per heavy atom. The number of nitrogens with one attached hydrogen (secondary N) is 1. The average Bonchev–Trinajstić information content (AvgIpc) is 2.89. The van der Waals surface area contributed by atoms with E-state index >= 15 is 0 Å². The van der Waals surface area contributed by atoms with Crippen molar-refractivity contribution in [3.8, 4) is 0 Å². The third-order valence-corrected chi connectivity index (χ3v) is 3.08. The van der Waals surface area contributed by atoms with Crippen LogP contribution in [0.3, 0.4) is 0 Å². The summed E-state index contributed by atoms with van der Waals surface area (Å²) >= 11 is 0. The Labute approximate surface area is 121 Å². The number of aromatic nitrogens is 1. The van der Waals surface area contributed by atoms with Gasteiger partial charge in [0, 0.05) is 12.6 Å². The average molecular weight is 301 g/mol. The molecule has 0 atom stereocenters. The van der Waals surface area contributed by atoms with E-state index in [4.69, 9.17) is 0 Å². The van der Waals surface area contributed by atoms with Gasteiger partial charge in [0.2, 0.25) is 0 Å². The highest BCUT2D eigenvalue weighted by Crippen LogP contribution is 2.18. The van der Waals surface area contributed by atoms with Crippen LogP contribution in [0.15, 0.2) is 12.3 Å². The molecule has 21 heavy (non-hydrogen) atoms. The number of carbonyl (C=O) groups is 1. The van der Waals surface area contributed by atoms with Gasteiger partial charge in [-0.05, 0) is 6.42 Å². The van der Waals surface area contributed by atoms with Crippen LogP contribution in [-0.4, -0.2) is 56.1 Å². The van der Waals surface area contributed by atoms with Crippen molar-refractivity contribution in [3.63, 3.8) is 0 Å². The van der Waals surface area contributed by atoms with Gasteiger partial charge in [0.05, 0.1) is 30.9 Å². The van der Waals surface area contributed by atoms with Crippen molar-refractivity contribution in [1.82, 2.24) is 9.88 Å². The van der Waals surface area contributed by atoms with Crippen LogP contribution in [0.1, 0.15) is 23.8 Å². The maximum atomic E-state index is 12.2. The van der Waals surface area contributed by atoms with E-state index in [0.29, 0.717) is 13.0 Å². The van der Waals surface area contributed by atoms with Crippen LogP contribution in [0, 0.1) is 10.1 Å². The Morgan fingerprint density at radius 1 is 1.38 bits per heavy atom. The van der Waals surface area contributed by atoms with Crippen molar-refractivity contribution >= 4 is 11.6 Å². The van der Waals surface area contributed by atoms with E-state index in [1.807, 2.05) is 6.92 Å². The minimum Gasteiger partial charge on any atom is -0.394 e. The van der Waals surface area contributed by atoms with E-state index < -0.39 is 36.2 Å². The Balaban J connectivity index is 3.08. The van der Waals surface area contributed by atoms with Crippen molar-refractivity contribution in [2.75, 3.05) is 19.8 Å².